The fraction of sp³-hybridized carbons (Fsp3) is 0.412. The first-order valence-corrected chi connectivity index (χ1v) is 15.8. The summed E-state index contributed by atoms with van der Waals surface area (Å²) in [4.78, 5) is 23.9. The number of aromatic nitrogens is 4. The Morgan fingerprint density at radius 1 is 1.07 bits per heavy atom. The molecule has 45 heavy (non-hydrogen) atoms. The Balaban J connectivity index is 1.17. The van der Waals surface area contributed by atoms with Crippen LogP contribution in [0.3, 0.4) is 0 Å². The van der Waals surface area contributed by atoms with Crippen LogP contribution in [0.5, 0.6) is 0 Å². The maximum atomic E-state index is 14.4. The molecular formula is C34H38N6O5. The Morgan fingerprint density at radius 3 is 2.51 bits per heavy atom. The van der Waals surface area contributed by atoms with E-state index >= 15 is 0 Å². The molecule has 4 aromatic rings. The van der Waals surface area contributed by atoms with Crippen LogP contribution in [0.1, 0.15) is 73.9 Å². The van der Waals surface area contributed by atoms with Crippen molar-refractivity contribution < 1.29 is 19.8 Å². The molecule has 1 unspecified atom stereocenters. The molecule has 2 aromatic carbocycles. The topological polar surface area (TPSA) is 136 Å². The number of rotatable bonds is 11. The molecule has 11 heteroatoms. The van der Waals surface area contributed by atoms with E-state index in [4.69, 9.17) is 9.57 Å². The lowest BCUT2D eigenvalue weighted by Gasteiger charge is -2.31. The Hall–Kier alpha value is -4.32. The second-order valence-corrected chi connectivity index (χ2v) is 12.2. The minimum absolute atomic E-state index is 0.000706. The second kappa shape index (κ2) is 12.2. The molecule has 11 nitrogen and oxygen atoms in total. The highest BCUT2D eigenvalue weighted by Gasteiger charge is 2.34. The Bertz CT molecular complexity index is 1800. The van der Waals surface area contributed by atoms with Gasteiger partial charge in [0.05, 0.1) is 18.4 Å². The lowest BCUT2D eigenvalue weighted by molar-refractivity contribution is -0.0896. The third-order valence-corrected chi connectivity index (χ3v) is 9.04. The fourth-order valence-electron chi connectivity index (χ4n) is 6.45. The summed E-state index contributed by atoms with van der Waals surface area (Å²) in [5.74, 6) is 1.07. The average molecular weight is 611 g/mol. The molecule has 0 bridgehead atoms. The van der Waals surface area contributed by atoms with E-state index in [1.54, 1.807) is 18.5 Å². The summed E-state index contributed by atoms with van der Waals surface area (Å²) in [5, 5.41) is 31.2. The third kappa shape index (κ3) is 6.03. The van der Waals surface area contributed by atoms with Crippen molar-refractivity contribution in [2.75, 3.05) is 6.61 Å². The van der Waals surface area contributed by atoms with Gasteiger partial charge in [0.15, 0.2) is 5.84 Å². The van der Waals surface area contributed by atoms with Gasteiger partial charge in [0.1, 0.15) is 11.9 Å². The molecule has 1 aliphatic heterocycles. The van der Waals surface area contributed by atoms with Crippen LogP contribution >= 0.6 is 0 Å². The zero-order valence-corrected chi connectivity index (χ0v) is 25.3. The lowest BCUT2D eigenvalue weighted by Crippen LogP contribution is -2.35. The summed E-state index contributed by atoms with van der Waals surface area (Å²) in [5.41, 5.74) is 4.59. The predicted molar refractivity (Wildman–Crippen MR) is 169 cm³/mol. The van der Waals surface area contributed by atoms with Crippen LogP contribution in [-0.4, -0.2) is 59.9 Å². The second-order valence-electron chi connectivity index (χ2n) is 12.2. The molecule has 0 amide bonds. The SMILES string of the molecule is CCCCc1c(Cc2ccc(-c3ccccc3C3=NOC(O)N3)cc2)c(=O)n([C@H]2CC[C@H](OCC3(O)C=C3)CC2)c2ncnn12. The highest BCUT2D eigenvalue weighted by Crippen LogP contribution is 2.33. The maximum Gasteiger partial charge on any atom is 0.304 e. The van der Waals surface area contributed by atoms with E-state index in [9.17, 15) is 15.0 Å². The number of unbranched alkanes of at least 4 members (excludes halogenated alkanes) is 1. The molecule has 3 aliphatic rings. The van der Waals surface area contributed by atoms with Crippen molar-refractivity contribution in [3.05, 3.63) is 99.7 Å². The van der Waals surface area contributed by atoms with Crippen molar-refractivity contribution in [2.24, 2.45) is 5.16 Å². The van der Waals surface area contributed by atoms with Crippen molar-refractivity contribution in [3.8, 4) is 11.1 Å². The van der Waals surface area contributed by atoms with Gasteiger partial charge >= 0.3 is 6.41 Å². The Kier molecular flexibility index (Phi) is 7.99. The fourth-order valence-corrected chi connectivity index (χ4v) is 6.45. The molecule has 0 spiro atoms. The number of nitrogens with one attached hydrogen (secondary N) is 1. The number of oxime groups is 1. The smallest absolute Gasteiger partial charge is 0.304 e. The first-order valence-electron chi connectivity index (χ1n) is 15.8. The minimum atomic E-state index is -1.16. The number of benzene rings is 2. The van der Waals surface area contributed by atoms with Crippen molar-refractivity contribution in [1.82, 2.24) is 24.5 Å². The van der Waals surface area contributed by atoms with Gasteiger partial charge in [-0.05, 0) is 67.4 Å². The largest absolute Gasteiger partial charge is 0.379 e. The van der Waals surface area contributed by atoms with Crippen LogP contribution in [0.2, 0.25) is 0 Å². The van der Waals surface area contributed by atoms with Crippen molar-refractivity contribution in [2.45, 2.75) is 82.5 Å². The van der Waals surface area contributed by atoms with Gasteiger partial charge in [-0.3, -0.25) is 9.36 Å². The molecule has 1 atom stereocenters. The lowest BCUT2D eigenvalue weighted by atomic mass is 9.92. The van der Waals surface area contributed by atoms with Gasteiger partial charge in [-0.1, -0.05) is 67.0 Å². The molecular weight excluding hydrogens is 572 g/mol. The van der Waals surface area contributed by atoms with Gasteiger partial charge < -0.3 is 25.1 Å². The van der Waals surface area contributed by atoms with Crippen LogP contribution in [-0.2, 0) is 22.4 Å². The number of aryl methyl sites for hydroxylation is 1. The van der Waals surface area contributed by atoms with Gasteiger partial charge in [0, 0.05) is 23.6 Å². The van der Waals surface area contributed by atoms with E-state index in [-0.39, 0.29) is 17.7 Å². The number of amidine groups is 1. The van der Waals surface area contributed by atoms with Crippen molar-refractivity contribution in [1.29, 1.82) is 0 Å². The number of hydrogen-bond donors (Lipinski definition) is 3. The predicted octanol–water partition coefficient (Wildman–Crippen LogP) is 3.85. The average Bonchev–Trinajstić information content (AvgIpc) is 3.38. The summed E-state index contributed by atoms with van der Waals surface area (Å²) in [6.45, 7) is 2.44. The molecule has 3 N–H and O–H groups in total. The molecule has 0 radical (unpaired) electrons. The standard InChI is InChI=1S/C34H38N6O5/c1-2-3-8-29-28(19-22-9-11-23(12-10-22)26-6-4-5-7-27(26)30-37-33(42)45-38-30)31(41)39(32-35-21-36-40(29)32)24-13-15-25(16-14-24)44-20-34(43)17-18-34/h4-7,9-12,17-18,21,24-25,33,42-43H,2-3,8,13-16,19-20H2,1H3,(H,37,38)/t24-,25-,33?. The van der Waals surface area contributed by atoms with Gasteiger partial charge in [0.2, 0.25) is 5.78 Å². The minimum Gasteiger partial charge on any atom is -0.379 e. The van der Waals surface area contributed by atoms with E-state index in [1.165, 1.54) is 0 Å². The zero-order chi connectivity index (χ0) is 31.0. The molecule has 1 fully saturated rings. The third-order valence-electron chi connectivity index (χ3n) is 9.04. The van der Waals surface area contributed by atoms with Crippen LogP contribution in [0.25, 0.3) is 16.9 Å². The van der Waals surface area contributed by atoms with E-state index < -0.39 is 12.0 Å². The zero-order valence-electron chi connectivity index (χ0n) is 25.3. The van der Waals surface area contributed by atoms with Crippen LogP contribution < -0.4 is 10.9 Å². The molecule has 2 aromatic heterocycles. The molecule has 3 heterocycles. The molecule has 1 saturated carbocycles. The normalized spacial score (nSPS) is 21.8. The number of hydrogen-bond acceptors (Lipinski definition) is 9. The van der Waals surface area contributed by atoms with Crippen LogP contribution in [0.15, 0.2) is 77.0 Å². The monoisotopic (exact) mass is 610 g/mol. The number of nitrogens with zero attached hydrogens (tertiary/aromatic N) is 5. The first-order chi connectivity index (χ1) is 21.9. The first kappa shape index (κ1) is 29.4. The van der Waals surface area contributed by atoms with Gasteiger partial charge in [-0.2, -0.15) is 10.1 Å². The Morgan fingerprint density at radius 2 is 1.82 bits per heavy atom. The molecule has 2 aliphatic carbocycles. The van der Waals surface area contributed by atoms with Gasteiger partial charge in [-0.15, -0.1) is 0 Å². The molecule has 234 valence electrons. The molecule has 0 saturated heterocycles. The number of aliphatic hydroxyl groups excluding tert-OH is 1. The summed E-state index contributed by atoms with van der Waals surface area (Å²) >= 11 is 0. The number of aliphatic hydroxyl groups is 2. The van der Waals surface area contributed by atoms with Crippen LogP contribution in [0, 0.1) is 0 Å². The van der Waals surface area contributed by atoms with E-state index in [0.717, 1.165) is 78.5 Å². The summed E-state index contributed by atoms with van der Waals surface area (Å²) < 4.78 is 9.72. The van der Waals surface area contributed by atoms with E-state index in [2.05, 4.69) is 39.6 Å². The molecule has 7 rings (SSSR count). The number of ether oxygens (including phenoxy) is 1. The van der Waals surface area contributed by atoms with Crippen LogP contribution in [0.4, 0.5) is 0 Å². The summed E-state index contributed by atoms with van der Waals surface area (Å²) in [7, 11) is 0. The highest BCUT2D eigenvalue weighted by molar-refractivity contribution is 6.04. The maximum absolute atomic E-state index is 14.4. The quantitative estimate of drug-likeness (QED) is 0.218. The highest BCUT2D eigenvalue weighted by atomic mass is 16.7. The summed E-state index contributed by atoms with van der Waals surface area (Å²) in [6, 6.07) is 16.0. The van der Waals surface area contributed by atoms with Crippen molar-refractivity contribution in [3.63, 3.8) is 0 Å². The van der Waals surface area contributed by atoms with E-state index in [0.29, 0.717) is 24.6 Å². The summed E-state index contributed by atoms with van der Waals surface area (Å²) in [6.07, 6.45) is 10.3. The van der Waals surface area contributed by atoms with Gasteiger partial charge in [0.25, 0.3) is 5.56 Å². The Labute approximate surface area is 260 Å². The number of fused-ring (bicyclic) bond motifs is 1. The van der Waals surface area contributed by atoms with E-state index in [1.807, 2.05) is 45.5 Å². The van der Waals surface area contributed by atoms with Crippen molar-refractivity contribution >= 4 is 11.6 Å². The van der Waals surface area contributed by atoms with Gasteiger partial charge in [-0.25, -0.2) is 4.52 Å².